The Labute approximate surface area is 125 Å². The number of benzene rings is 1. The monoisotopic (exact) mass is 296 g/mol. The summed E-state index contributed by atoms with van der Waals surface area (Å²) < 4.78 is 15.7. The molecule has 5 heteroatoms. The maximum atomic E-state index is 11.2. The van der Waals surface area contributed by atoms with Gasteiger partial charge in [-0.1, -0.05) is 0 Å². The van der Waals surface area contributed by atoms with Gasteiger partial charge in [0.15, 0.2) is 0 Å². The predicted octanol–water partition coefficient (Wildman–Crippen LogP) is 2.69. The molecule has 1 aromatic rings. The minimum absolute atomic E-state index is 0.0673. The van der Waals surface area contributed by atoms with Crippen LogP contribution < -0.4 is 9.47 Å². The topological polar surface area (TPSA) is 65.0 Å². The number of esters is 1. The molecular formula is C16H24O5. The van der Waals surface area contributed by atoms with Crippen molar-refractivity contribution >= 4 is 5.97 Å². The highest BCUT2D eigenvalue weighted by Crippen LogP contribution is 2.25. The first-order valence-electron chi connectivity index (χ1n) is 7.27. The molecule has 0 aliphatic rings. The molecule has 21 heavy (non-hydrogen) atoms. The summed E-state index contributed by atoms with van der Waals surface area (Å²) in [6.07, 6.45) is 3.00. The van der Waals surface area contributed by atoms with Crippen LogP contribution in [0.1, 0.15) is 38.2 Å². The van der Waals surface area contributed by atoms with Crippen molar-refractivity contribution in [3.8, 4) is 11.5 Å². The molecule has 0 aliphatic carbocycles. The number of hydrogen-bond donors (Lipinski definition) is 1. The van der Waals surface area contributed by atoms with Gasteiger partial charge in [0.1, 0.15) is 11.5 Å². The second-order valence-corrected chi connectivity index (χ2v) is 4.60. The SMILES string of the molecule is CCOC(=O)CCCCCOc1cc(OC)ccc1CO. The first-order chi connectivity index (χ1) is 10.2. The number of methoxy groups -OCH3 is 1. The quantitative estimate of drug-likeness (QED) is 0.531. The Morgan fingerprint density at radius 1 is 1.24 bits per heavy atom. The van der Waals surface area contributed by atoms with Gasteiger partial charge >= 0.3 is 5.97 Å². The van der Waals surface area contributed by atoms with Gasteiger partial charge in [-0.2, -0.15) is 0 Å². The molecule has 0 aliphatic heterocycles. The van der Waals surface area contributed by atoms with E-state index in [0.717, 1.165) is 24.8 Å². The van der Waals surface area contributed by atoms with Crippen LogP contribution in [0.5, 0.6) is 11.5 Å². The molecule has 0 fully saturated rings. The number of hydrogen-bond acceptors (Lipinski definition) is 5. The van der Waals surface area contributed by atoms with Crippen LogP contribution in [0.2, 0.25) is 0 Å². The summed E-state index contributed by atoms with van der Waals surface area (Å²) >= 11 is 0. The lowest BCUT2D eigenvalue weighted by Gasteiger charge is -2.11. The van der Waals surface area contributed by atoms with Gasteiger partial charge in [-0.3, -0.25) is 4.79 Å². The van der Waals surface area contributed by atoms with E-state index in [1.54, 1.807) is 32.2 Å². The molecule has 0 bridgehead atoms. The zero-order chi connectivity index (χ0) is 15.5. The third-order valence-electron chi connectivity index (χ3n) is 3.03. The highest BCUT2D eigenvalue weighted by Gasteiger charge is 2.05. The molecule has 0 unspecified atom stereocenters. The van der Waals surface area contributed by atoms with Gasteiger partial charge in [-0.15, -0.1) is 0 Å². The fourth-order valence-corrected chi connectivity index (χ4v) is 1.89. The zero-order valence-electron chi connectivity index (χ0n) is 12.8. The van der Waals surface area contributed by atoms with Gasteiger partial charge in [-0.05, 0) is 38.3 Å². The minimum atomic E-state index is -0.145. The molecule has 0 atom stereocenters. The third kappa shape index (κ3) is 6.49. The first kappa shape index (κ1) is 17.3. The first-order valence-corrected chi connectivity index (χ1v) is 7.27. The number of carbonyl (C=O) groups excluding carboxylic acids is 1. The zero-order valence-corrected chi connectivity index (χ0v) is 12.8. The van der Waals surface area contributed by atoms with Crippen molar-refractivity contribution in [2.24, 2.45) is 0 Å². The number of ether oxygens (including phenoxy) is 3. The fourth-order valence-electron chi connectivity index (χ4n) is 1.89. The molecule has 0 amide bonds. The van der Waals surface area contributed by atoms with Crippen molar-refractivity contribution < 1.29 is 24.1 Å². The van der Waals surface area contributed by atoms with Crippen LogP contribution in [0, 0.1) is 0 Å². The summed E-state index contributed by atoms with van der Waals surface area (Å²) in [5.41, 5.74) is 0.738. The number of aliphatic hydroxyl groups excluding tert-OH is 1. The second-order valence-electron chi connectivity index (χ2n) is 4.60. The molecule has 0 saturated carbocycles. The number of carbonyl (C=O) groups is 1. The van der Waals surface area contributed by atoms with Crippen molar-refractivity contribution in [2.45, 2.75) is 39.2 Å². The van der Waals surface area contributed by atoms with Crippen molar-refractivity contribution in [1.29, 1.82) is 0 Å². The van der Waals surface area contributed by atoms with Crippen LogP contribution in [0.3, 0.4) is 0 Å². The molecule has 1 N–H and O–H groups in total. The second kappa shape index (κ2) is 10.0. The molecule has 0 saturated heterocycles. The van der Waals surface area contributed by atoms with E-state index in [9.17, 15) is 9.90 Å². The maximum absolute atomic E-state index is 11.2. The summed E-state index contributed by atoms with van der Waals surface area (Å²) in [6.45, 7) is 2.71. The molecule has 0 spiro atoms. The Hall–Kier alpha value is -1.75. The molecule has 1 aromatic carbocycles. The van der Waals surface area contributed by atoms with Crippen molar-refractivity contribution in [1.82, 2.24) is 0 Å². The summed E-state index contributed by atoms with van der Waals surface area (Å²) in [5, 5.41) is 9.26. The van der Waals surface area contributed by atoms with Crippen LogP contribution in [-0.2, 0) is 16.1 Å². The number of unbranched alkanes of at least 4 members (excludes halogenated alkanes) is 2. The molecule has 0 heterocycles. The molecule has 1 rings (SSSR count). The highest BCUT2D eigenvalue weighted by molar-refractivity contribution is 5.69. The van der Waals surface area contributed by atoms with Gasteiger partial charge < -0.3 is 19.3 Å². The van der Waals surface area contributed by atoms with Gasteiger partial charge in [-0.25, -0.2) is 0 Å². The third-order valence-corrected chi connectivity index (χ3v) is 3.03. The van der Waals surface area contributed by atoms with Crippen LogP contribution in [0.4, 0.5) is 0 Å². The van der Waals surface area contributed by atoms with Crippen LogP contribution in [0.25, 0.3) is 0 Å². The van der Waals surface area contributed by atoms with E-state index in [0.29, 0.717) is 31.1 Å². The van der Waals surface area contributed by atoms with Crippen molar-refractivity contribution in [3.05, 3.63) is 23.8 Å². The number of rotatable bonds is 10. The van der Waals surface area contributed by atoms with Crippen LogP contribution in [-0.4, -0.2) is 31.4 Å². The van der Waals surface area contributed by atoms with Crippen molar-refractivity contribution in [2.75, 3.05) is 20.3 Å². The van der Waals surface area contributed by atoms with Crippen LogP contribution in [0.15, 0.2) is 18.2 Å². The van der Waals surface area contributed by atoms with E-state index in [4.69, 9.17) is 14.2 Å². The van der Waals surface area contributed by atoms with Crippen LogP contribution >= 0.6 is 0 Å². The lowest BCUT2D eigenvalue weighted by molar-refractivity contribution is -0.143. The normalized spacial score (nSPS) is 10.2. The van der Waals surface area contributed by atoms with E-state index in [1.807, 2.05) is 0 Å². The summed E-state index contributed by atoms with van der Waals surface area (Å²) in [7, 11) is 1.59. The van der Waals surface area contributed by atoms with E-state index in [2.05, 4.69) is 0 Å². The number of aliphatic hydroxyl groups is 1. The Bertz CT molecular complexity index is 431. The Morgan fingerprint density at radius 3 is 2.71 bits per heavy atom. The summed E-state index contributed by atoms with van der Waals surface area (Å²) in [5.74, 6) is 1.19. The molecule has 0 radical (unpaired) electrons. The van der Waals surface area contributed by atoms with E-state index in [-0.39, 0.29) is 12.6 Å². The van der Waals surface area contributed by atoms with E-state index in [1.165, 1.54) is 0 Å². The van der Waals surface area contributed by atoms with E-state index < -0.39 is 0 Å². The van der Waals surface area contributed by atoms with Gasteiger partial charge in [0, 0.05) is 18.1 Å². The van der Waals surface area contributed by atoms with Gasteiger partial charge in [0.05, 0.1) is 26.9 Å². The van der Waals surface area contributed by atoms with Gasteiger partial charge in [0.2, 0.25) is 0 Å². The van der Waals surface area contributed by atoms with Crippen molar-refractivity contribution in [3.63, 3.8) is 0 Å². The average Bonchev–Trinajstić information content (AvgIpc) is 2.50. The lowest BCUT2D eigenvalue weighted by atomic mass is 10.2. The molecular weight excluding hydrogens is 272 g/mol. The van der Waals surface area contributed by atoms with Gasteiger partial charge in [0.25, 0.3) is 0 Å². The molecule has 0 aromatic heterocycles. The standard InChI is InChI=1S/C16H24O5/c1-3-20-16(18)7-5-4-6-10-21-15-11-14(19-2)9-8-13(15)12-17/h8-9,11,17H,3-7,10,12H2,1-2H3. The minimum Gasteiger partial charge on any atom is -0.497 e. The summed E-state index contributed by atoms with van der Waals surface area (Å²) in [4.78, 5) is 11.2. The van der Waals surface area contributed by atoms with E-state index >= 15 is 0 Å². The lowest BCUT2D eigenvalue weighted by Crippen LogP contribution is -2.04. The Morgan fingerprint density at radius 2 is 2.05 bits per heavy atom. The maximum Gasteiger partial charge on any atom is 0.305 e. The molecule has 118 valence electrons. The highest BCUT2D eigenvalue weighted by atomic mass is 16.5. The summed E-state index contributed by atoms with van der Waals surface area (Å²) in [6, 6.07) is 5.34. The predicted molar refractivity (Wildman–Crippen MR) is 79.5 cm³/mol. The Balaban J connectivity index is 2.27. The molecule has 5 nitrogen and oxygen atoms in total. The average molecular weight is 296 g/mol. The Kier molecular flexibility index (Phi) is 8.28. The fraction of sp³-hybridized carbons (Fsp3) is 0.562. The largest absolute Gasteiger partial charge is 0.497 e. The smallest absolute Gasteiger partial charge is 0.305 e.